The molecule has 3 rings (SSSR count). The van der Waals surface area contributed by atoms with Crippen LogP contribution < -0.4 is 15.2 Å². The Morgan fingerprint density at radius 1 is 1.00 bits per heavy atom. The number of nitrogens with zero attached hydrogens (tertiary/aromatic N) is 1. The third-order valence-corrected chi connectivity index (χ3v) is 3.60. The summed E-state index contributed by atoms with van der Waals surface area (Å²) in [6.07, 6.45) is 0. The Labute approximate surface area is 155 Å². The molecule has 0 unspecified atom stereocenters. The van der Waals surface area contributed by atoms with Gasteiger partial charge in [0, 0.05) is 5.56 Å². The highest BCUT2D eigenvalue weighted by Crippen LogP contribution is 2.19. The molecule has 0 aliphatic carbocycles. The Bertz CT molecular complexity index is 917. The Morgan fingerprint density at radius 2 is 1.70 bits per heavy atom. The van der Waals surface area contributed by atoms with Crippen LogP contribution in [0.3, 0.4) is 0 Å². The van der Waals surface area contributed by atoms with Crippen LogP contribution in [0, 0.1) is 0 Å². The van der Waals surface area contributed by atoms with Gasteiger partial charge in [-0.2, -0.15) is 0 Å². The van der Waals surface area contributed by atoms with Gasteiger partial charge in [0.2, 0.25) is 5.76 Å². The molecule has 2 aromatic carbocycles. The molecule has 0 aliphatic heterocycles. The van der Waals surface area contributed by atoms with E-state index in [0.717, 1.165) is 5.75 Å². The van der Waals surface area contributed by atoms with E-state index in [2.05, 4.69) is 5.16 Å². The van der Waals surface area contributed by atoms with Gasteiger partial charge < -0.3 is 24.5 Å². The van der Waals surface area contributed by atoms with Crippen molar-refractivity contribution in [3.63, 3.8) is 0 Å². The number of oxime groups is 1. The summed E-state index contributed by atoms with van der Waals surface area (Å²) in [6, 6.07) is 19.2. The number of amidine groups is 1. The topological polar surface area (TPSA) is 96.3 Å². The van der Waals surface area contributed by atoms with Gasteiger partial charge >= 0.3 is 5.97 Å². The third kappa shape index (κ3) is 4.88. The van der Waals surface area contributed by atoms with Crippen molar-refractivity contribution in [2.45, 2.75) is 6.61 Å². The van der Waals surface area contributed by atoms with Crippen molar-refractivity contribution in [1.82, 2.24) is 0 Å². The average molecular weight is 366 g/mol. The predicted octanol–water partition coefficient (Wildman–Crippen LogP) is 3.34. The molecule has 0 aliphatic rings. The van der Waals surface area contributed by atoms with E-state index in [1.165, 1.54) is 6.07 Å². The van der Waals surface area contributed by atoms with Crippen molar-refractivity contribution < 1.29 is 23.5 Å². The molecule has 0 radical (unpaired) electrons. The fourth-order valence-corrected chi connectivity index (χ4v) is 2.19. The maximum atomic E-state index is 12.0. The Hall–Kier alpha value is -3.74. The maximum Gasteiger partial charge on any atom is 0.400 e. The van der Waals surface area contributed by atoms with Gasteiger partial charge in [-0.1, -0.05) is 35.5 Å². The molecule has 0 amide bonds. The minimum atomic E-state index is -0.746. The molecule has 27 heavy (non-hydrogen) atoms. The number of ether oxygens (including phenoxy) is 2. The first kappa shape index (κ1) is 18.1. The van der Waals surface area contributed by atoms with Gasteiger partial charge in [0.1, 0.15) is 23.9 Å². The summed E-state index contributed by atoms with van der Waals surface area (Å²) in [5.74, 6) is 1.21. The molecule has 1 aromatic heterocycles. The lowest BCUT2D eigenvalue weighted by Crippen LogP contribution is -2.14. The van der Waals surface area contributed by atoms with E-state index in [9.17, 15) is 4.79 Å². The summed E-state index contributed by atoms with van der Waals surface area (Å²) in [5, 5.41) is 3.63. The van der Waals surface area contributed by atoms with Gasteiger partial charge in [-0.15, -0.1) is 0 Å². The highest BCUT2D eigenvalue weighted by Gasteiger charge is 2.14. The smallest absolute Gasteiger partial charge is 0.400 e. The van der Waals surface area contributed by atoms with Crippen LogP contribution in [-0.4, -0.2) is 18.9 Å². The molecule has 2 N–H and O–H groups in total. The Kier molecular flexibility index (Phi) is 5.73. The molecule has 0 fully saturated rings. The number of benzene rings is 2. The molecule has 0 spiro atoms. The summed E-state index contributed by atoms with van der Waals surface area (Å²) < 4.78 is 16.1. The standard InChI is InChI=1S/C20H18N2O5/c1-24-15-7-9-16(10-8-15)25-13-17-11-12-18(26-17)20(23)27-22-19(21)14-5-3-2-4-6-14/h2-12H,13H2,1H3,(H2,21,22). The zero-order valence-electron chi connectivity index (χ0n) is 14.6. The highest BCUT2D eigenvalue weighted by atomic mass is 16.7. The summed E-state index contributed by atoms with van der Waals surface area (Å²) in [6.45, 7) is 0.162. The van der Waals surface area contributed by atoms with Crippen molar-refractivity contribution in [2.24, 2.45) is 10.9 Å². The average Bonchev–Trinajstić information content (AvgIpc) is 3.20. The summed E-state index contributed by atoms with van der Waals surface area (Å²) >= 11 is 0. The fraction of sp³-hybridized carbons (Fsp3) is 0.100. The van der Waals surface area contributed by atoms with Crippen LogP contribution in [0.2, 0.25) is 0 Å². The SMILES string of the molecule is COc1ccc(OCc2ccc(C(=O)O/N=C(\N)c3ccccc3)o2)cc1. The van der Waals surface area contributed by atoms with E-state index in [1.54, 1.807) is 61.7 Å². The lowest BCUT2D eigenvalue weighted by atomic mass is 10.2. The normalized spacial score (nSPS) is 11.1. The molecule has 3 aromatic rings. The molecular weight excluding hydrogens is 348 g/mol. The molecule has 0 saturated heterocycles. The first-order valence-electron chi connectivity index (χ1n) is 8.11. The van der Waals surface area contributed by atoms with Gasteiger partial charge in [-0.05, 0) is 36.4 Å². The molecule has 1 heterocycles. The largest absolute Gasteiger partial charge is 0.497 e. The van der Waals surface area contributed by atoms with E-state index >= 15 is 0 Å². The van der Waals surface area contributed by atoms with Gasteiger partial charge in [-0.3, -0.25) is 0 Å². The van der Waals surface area contributed by atoms with Crippen molar-refractivity contribution in [2.75, 3.05) is 7.11 Å². The van der Waals surface area contributed by atoms with Crippen LogP contribution >= 0.6 is 0 Å². The molecular formula is C20H18N2O5. The minimum Gasteiger partial charge on any atom is -0.497 e. The van der Waals surface area contributed by atoms with Crippen LogP contribution in [0.1, 0.15) is 21.9 Å². The number of rotatable bonds is 7. The molecule has 0 bridgehead atoms. The molecule has 0 saturated carbocycles. The predicted molar refractivity (Wildman–Crippen MR) is 98.6 cm³/mol. The summed E-state index contributed by atoms with van der Waals surface area (Å²) in [4.78, 5) is 16.8. The van der Waals surface area contributed by atoms with Crippen LogP contribution in [-0.2, 0) is 11.4 Å². The first-order valence-corrected chi connectivity index (χ1v) is 8.11. The van der Waals surface area contributed by atoms with Gasteiger partial charge in [-0.25, -0.2) is 4.79 Å². The van der Waals surface area contributed by atoms with Crippen molar-refractivity contribution in [1.29, 1.82) is 0 Å². The van der Waals surface area contributed by atoms with Crippen LogP contribution in [0.4, 0.5) is 0 Å². The van der Waals surface area contributed by atoms with E-state index in [0.29, 0.717) is 17.1 Å². The van der Waals surface area contributed by atoms with Crippen LogP contribution in [0.25, 0.3) is 0 Å². The van der Waals surface area contributed by atoms with E-state index in [4.69, 9.17) is 24.5 Å². The number of methoxy groups -OCH3 is 1. The number of carbonyl (C=O) groups is 1. The molecule has 7 nitrogen and oxygen atoms in total. The van der Waals surface area contributed by atoms with Gasteiger partial charge in [0.05, 0.1) is 7.11 Å². The quantitative estimate of drug-likeness (QED) is 0.298. The summed E-state index contributed by atoms with van der Waals surface area (Å²) in [7, 11) is 1.59. The van der Waals surface area contributed by atoms with Gasteiger partial charge in [0.25, 0.3) is 0 Å². The second kappa shape index (κ2) is 8.57. The molecule has 0 atom stereocenters. The number of carbonyl (C=O) groups excluding carboxylic acids is 1. The first-order chi connectivity index (χ1) is 13.2. The van der Waals surface area contributed by atoms with Crippen molar-refractivity contribution in [3.8, 4) is 11.5 Å². The maximum absolute atomic E-state index is 12.0. The van der Waals surface area contributed by atoms with E-state index in [-0.39, 0.29) is 18.2 Å². The lowest BCUT2D eigenvalue weighted by molar-refractivity contribution is 0.0475. The number of hydrogen-bond donors (Lipinski definition) is 1. The molecule has 7 heteroatoms. The Morgan fingerprint density at radius 3 is 2.41 bits per heavy atom. The summed E-state index contributed by atoms with van der Waals surface area (Å²) in [5.41, 5.74) is 6.42. The molecule has 138 valence electrons. The second-order valence-corrected chi connectivity index (χ2v) is 5.45. The van der Waals surface area contributed by atoms with E-state index in [1.807, 2.05) is 6.07 Å². The van der Waals surface area contributed by atoms with Crippen LogP contribution in [0.15, 0.2) is 76.3 Å². The lowest BCUT2D eigenvalue weighted by Gasteiger charge is -2.05. The van der Waals surface area contributed by atoms with Crippen molar-refractivity contribution in [3.05, 3.63) is 83.8 Å². The zero-order chi connectivity index (χ0) is 19.1. The zero-order valence-corrected chi connectivity index (χ0v) is 14.6. The van der Waals surface area contributed by atoms with Gasteiger partial charge in [0.15, 0.2) is 5.84 Å². The Balaban J connectivity index is 1.55. The van der Waals surface area contributed by atoms with E-state index < -0.39 is 5.97 Å². The van der Waals surface area contributed by atoms with Crippen LogP contribution in [0.5, 0.6) is 11.5 Å². The minimum absolute atomic E-state index is 0.00735. The monoisotopic (exact) mass is 366 g/mol. The second-order valence-electron chi connectivity index (χ2n) is 5.45. The number of hydrogen-bond acceptors (Lipinski definition) is 6. The third-order valence-electron chi connectivity index (χ3n) is 3.60. The van der Waals surface area contributed by atoms with Crippen molar-refractivity contribution >= 4 is 11.8 Å². The number of furan rings is 1. The number of nitrogens with two attached hydrogens (primary N) is 1. The highest BCUT2D eigenvalue weighted by molar-refractivity contribution is 5.97. The fourth-order valence-electron chi connectivity index (χ4n) is 2.19.